The van der Waals surface area contributed by atoms with Gasteiger partial charge in [-0.15, -0.1) is 0 Å². The lowest BCUT2D eigenvalue weighted by Crippen LogP contribution is -2.51. The van der Waals surface area contributed by atoms with Gasteiger partial charge < -0.3 is 24.0 Å². The first kappa shape index (κ1) is 21.4. The Morgan fingerprint density at radius 3 is 2.06 bits per heavy atom. The third-order valence-corrected chi connectivity index (χ3v) is 5.92. The zero-order chi connectivity index (χ0) is 21.8. The Labute approximate surface area is 185 Å². The van der Waals surface area contributed by atoms with Crippen LogP contribution in [0.25, 0.3) is 0 Å². The molecule has 31 heavy (non-hydrogen) atoms. The third-order valence-electron chi connectivity index (χ3n) is 5.66. The molecule has 0 unspecified atom stereocenters. The Kier molecular flexibility index (Phi) is 6.58. The van der Waals surface area contributed by atoms with E-state index in [1.165, 1.54) is 0 Å². The van der Waals surface area contributed by atoms with E-state index in [0.717, 1.165) is 0 Å². The summed E-state index contributed by atoms with van der Waals surface area (Å²) in [6.45, 7) is 4.18. The molecule has 1 aromatic carbocycles. The maximum absolute atomic E-state index is 13.1. The fraction of sp³-hybridized carbons (Fsp3) is 0.409. The van der Waals surface area contributed by atoms with Crippen LogP contribution in [-0.4, -0.2) is 89.5 Å². The number of benzene rings is 1. The van der Waals surface area contributed by atoms with Gasteiger partial charge in [0.2, 0.25) is 5.91 Å². The average Bonchev–Trinajstić information content (AvgIpc) is 3.27. The quantitative estimate of drug-likeness (QED) is 0.717. The van der Waals surface area contributed by atoms with E-state index in [9.17, 15) is 14.4 Å². The van der Waals surface area contributed by atoms with Crippen LogP contribution in [0.1, 0.15) is 20.8 Å². The summed E-state index contributed by atoms with van der Waals surface area (Å²) in [6, 6.07) is 10.3. The van der Waals surface area contributed by atoms with Crippen LogP contribution in [0.3, 0.4) is 0 Å². The predicted octanol–water partition coefficient (Wildman–Crippen LogP) is 1.60. The molecule has 2 aliphatic heterocycles. The van der Waals surface area contributed by atoms with Gasteiger partial charge in [0, 0.05) is 56.1 Å². The number of nitrogens with zero attached hydrogens (tertiary/aromatic N) is 4. The number of ether oxygens (including phenoxy) is 1. The lowest BCUT2D eigenvalue weighted by Gasteiger charge is -2.35. The van der Waals surface area contributed by atoms with Crippen LogP contribution < -0.4 is 0 Å². The van der Waals surface area contributed by atoms with Gasteiger partial charge in [-0.2, -0.15) is 0 Å². The first-order chi connectivity index (χ1) is 15.0. The van der Waals surface area contributed by atoms with Crippen molar-refractivity contribution in [3.05, 3.63) is 58.9 Å². The Bertz CT molecular complexity index is 945. The molecule has 0 aliphatic carbocycles. The second kappa shape index (κ2) is 9.53. The maximum Gasteiger partial charge on any atom is 0.270 e. The zero-order valence-corrected chi connectivity index (χ0v) is 18.0. The van der Waals surface area contributed by atoms with E-state index in [4.69, 9.17) is 16.3 Å². The van der Waals surface area contributed by atoms with E-state index >= 15 is 0 Å². The van der Waals surface area contributed by atoms with Crippen molar-refractivity contribution in [2.75, 3.05) is 52.5 Å². The molecule has 9 heteroatoms. The van der Waals surface area contributed by atoms with Gasteiger partial charge in [0.05, 0.1) is 13.2 Å². The van der Waals surface area contributed by atoms with Gasteiger partial charge in [-0.05, 0) is 36.4 Å². The minimum absolute atomic E-state index is 0.0214. The Balaban J connectivity index is 1.35. The van der Waals surface area contributed by atoms with Crippen LogP contribution >= 0.6 is 11.6 Å². The fourth-order valence-corrected chi connectivity index (χ4v) is 3.98. The number of hydrogen-bond acceptors (Lipinski definition) is 4. The van der Waals surface area contributed by atoms with Crippen molar-refractivity contribution in [1.29, 1.82) is 0 Å². The first-order valence-corrected chi connectivity index (χ1v) is 10.8. The number of carbonyl (C=O) groups excluding carboxylic acids is 3. The molecule has 0 bridgehead atoms. The van der Waals surface area contributed by atoms with Gasteiger partial charge >= 0.3 is 0 Å². The molecule has 3 amide bonds. The SMILES string of the molecule is O=C(Cn1cccc1C(=O)N1CCN(C(=O)c2ccc(Cl)cc2)CC1)N1CCOCC1. The van der Waals surface area contributed by atoms with Crippen LogP contribution in [0.2, 0.25) is 5.02 Å². The molecule has 2 aliphatic rings. The molecule has 0 saturated carbocycles. The molecule has 0 atom stereocenters. The lowest BCUT2D eigenvalue weighted by molar-refractivity contribution is -0.135. The van der Waals surface area contributed by atoms with Crippen LogP contribution in [0.15, 0.2) is 42.6 Å². The maximum atomic E-state index is 13.1. The Morgan fingerprint density at radius 1 is 0.806 bits per heavy atom. The molecular formula is C22H25ClN4O4. The second-order valence-electron chi connectivity index (χ2n) is 7.61. The molecule has 164 valence electrons. The molecule has 0 N–H and O–H groups in total. The highest BCUT2D eigenvalue weighted by Crippen LogP contribution is 2.15. The summed E-state index contributed by atoms with van der Waals surface area (Å²) in [5, 5.41) is 0.585. The van der Waals surface area contributed by atoms with E-state index < -0.39 is 0 Å². The van der Waals surface area contributed by atoms with Crippen LogP contribution in [-0.2, 0) is 16.1 Å². The molecule has 2 saturated heterocycles. The van der Waals surface area contributed by atoms with Gasteiger partial charge in [-0.25, -0.2) is 0 Å². The van der Waals surface area contributed by atoms with Crippen molar-refractivity contribution >= 4 is 29.3 Å². The zero-order valence-electron chi connectivity index (χ0n) is 17.2. The summed E-state index contributed by atoms with van der Waals surface area (Å²) in [4.78, 5) is 43.5. The Hall–Kier alpha value is -2.84. The van der Waals surface area contributed by atoms with Crippen LogP contribution in [0, 0.1) is 0 Å². The summed E-state index contributed by atoms with van der Waals surface area (Å²) in [5.41, 5.74) is 1.07. The highest BCUT2D eigenvalue weighted by Gasteiger charge is 2.27. The largest absolute Gasteiger partial charge is 0.378 e. The average molecular weight is 445 g/mol. The number of carbonyl (C=O) groups is 3. The highest BCUT2D eigenvalue weighted by molar-refractivity contribution is 6.30. The summed E-state index contributed by atoms with van der Waals surface area (Å²) in [5.74, 6) is -0.214. The highest BCUT2D eigenvalue weighted by atomic mass is 35.5. The number of rotatable bonds is 4. The van der Waals surface area contributed by atoms with Crippen molar-refractivity contribution in [1.82, 2.24) is 19.3 Å². The number of morpholine rings is 1. The van der Waals surface area contributed by atoms with Gasteiger partial charge in [0.1, 0.15) is 12.2 Å². The van der Waals surface area contributed by atoms with Crippen LogP contribution in [0.5, 0.6) is 0 Å². The smallest absolute Gasteiger partial charge is 0.270 e. The van der Waals surface area contributed by atoms with Crippen LogP contribution in [0.4, 0.5) is 0 Å². The second-order valence-corrected chi connectivity index (χ2v) is 8.04. The molecule has 0 radical (unpaired) electrons. The monoisotopic (exact) mass is 444 g/mol. The number of amides is 3. The van der Waals surface area contributed by atoms with Gasteiger partial charge in [-0.1, -0.05) is 11.6 Å². The molecular weight excluding hydrogens is 420 g/mol. The summed E-state index contributed by atoms with van der Waals surface area (Å²) in [6.07, 6.45) is 1.76. The van der Waals surface area contributed by atoms with E-state index in [0.29, 0.717) is 68.8 Å². The van der Waals surface area contributed by atoms with E-state index in [1.807, 2.05) is 0 Å². The molecule has 8 nitrogen and oxygen atoms in total. The number of aromatic nitrogens is 1. The van der Waals surface area contributed by atoms with Crippen molar-refractivity contribution in [2.24, 2.45) is 0 Å². The van der Waals surface area contributed by atoms with Crippen molar-refractivity contribution in [3.8, 4) is 0 Å². The topological polar surface area (TPSA) is 75.1 Å². The molecule has 0 spiro atoms. The number of piperazine rings is 1. The van der Waals surface area contributed by atoms with E-state index in [1.54, 1.807) is 61.9 Å². The van der Waals surface area contributed by atoms with Crippen molar-refractivity contribution < 1.29 is 19.1 Å². The van der Waals surface area contributed by atoms with Crippen molar-refractivity contribution in [3.63, 3.8) is 0 Å². The summed E-state index contributed by atoms with van der Waals surface area (Å²) in [7, 11) is 0. The molecule has 4 rings (SSSR count). The van der Waals surface area contributed by atoms with Gasteiger partial charge in [-0.3, -0.25) is 14.4 Å². The van der Waals surface area contributed by atoms with E-state index in [-0.39, 0.29) is 24.3 Å². The third kappa shape index (κ3) is 4.91. The summed E-state index contributed by atoms with van der Waals surface area (Å²) >= 11 is 5.89. The minimum Gasteiger partial charge on any atom is -0.378 e. The standard InChI is InChI=1S/C22H25ClN4O4/c23-18-5-3-17(4-6-18)21(29)25-8-10-26(11-9-25)22(30)19-2-1-7-27(19)16-20(28)24-12-14-31-15-13-24/h1-7H,8-16H2. The molecule has 3 heterocycles. The number of hydrogen-bond donors (Lipinski definition) is 0. The first-order valence-electron chi connectivity index (χ1n) is 10.4. The predicted molar refractivity (Wildman–Crippen MR) is 115 cm³/mol. The Morgan fingerprint density at radius 2 is 1.42 bits per heavy atom. The molecule has 2 fully saturated rings. The molecule has 1 aromatic heterocycles. The number of halogens is 1. The minimum atomic E-state index is -0.127. The van der Waals surface area contributed by atoms with Gasteiger partial charge in [0.25, 0.3) is 11.8 Å². The van der Waals surface area contributed by atoms with Gasteiger partial charge in [0.15, 0.2) is 0 Å². The van der Waals surface area contributed by atoms with E-state index in [2.05, 4.69) is 0 Å². The fourth-order valence-electron chi connectivity index (χ4n) is 3.85. The summed E-state index contributed by atoms with van der Waals surface area (Å²) < 4.78 is 6.99. The van der Waals surface area contributed by atoms with Crippen molar-refractivity contribution in [2.45, 2.75) is 6.54 Å². The normalized spacial score (nSPS) is 17.0. The molecule has 2 aromatic rings. The lowest BCUT2D eigenvalue weighted by atomic mass is 10.2.